The van der Waals surface area contributed by atoms with E-state index in [4.69, 9.17) is 24.1 Å². The monoisotopic (exact) mass is 932 g/mol. The minimum atomic E-state index is -1.38. The van der Waals surface area contributed by atoms with Gasteiger partial charge >= 0.3 is 17.9 Å². The van der Waals surface area contributed by atoms with E-state index in [0.29, 0.717) is 48.2 Å². The number of carbonyl (C=O) groups excluding carboxylic acids is 4. The summed E-state index contributed by atoms with van der Waals surface area (Å²) in [5, 5.41) is 16.9. The smallest absolute Gasteiger partial charge is 0.477 e. The second kappa shape index (κ2) is 18.2. The fraction of sp³-hybridized carbons (Fsp3) is 0.267. The zero-order valence-electron chi connectivity index (χ0n) is 35.0. The highest BCUT2D eigenvalue weighted by Crippen LogP contribution is 2.43. The number of allylic oxidation sites excluding steroid dienone is 1. The third-order valence-electron chi connectivity index (χ3n) is 11.7. The molecule has 3 unspecified atom stereocenters. The van der Waals surface area contributed by atoms with Crippen LogP contribution in [0.3, 0.4) is 0 Å². The number of aromatic nitrogens is 2. The summed E-state index contributed by atoms with van der Waals surface area (Å²) in [5.41, 5.74) is 6.65. The van der Waals surface area contributed by atoms with Crippen molar-refractivity contribution in [2.24, 2.45) is 5.16 Å². The maximum Gasteiger partial charge on any atom is 0.519 e. The van der Waals surface area contributed by atoms with Crippen LogP contribution in [0.2, 0.25) is 0 Å². The van der Waals surface area contributed by atoms with Gasteiger partial charge in [-0.15, -0.1) is 11.8 Å². The van der Waals surface area contributed by atoms with E-state index in [0.717, 1.165) is 16.4 Å². The Labute approximate surface area is 383 Å². The number of fused-ring (bicyclic) bond motifs is 1. The van der Waals surface area contributed by atoms with Crippen LogP contribution < -0.4 is 16.9 Å². The lowest BCUT2D eigenvalue weighted by Gasteiger charge is -2.49. The molecule has 19 nitrogen and oxygen atoms in total. The van der Waals surface area contributed by atoms with E-state index < -0.39 is 46.7 Å². The number of nitrogens with one attached hydrogen (secondary N) is 1. The van der Waals surface area contributed by atoms with E-state index >= 15 is 0 Å². The highest BCUT2D eigenvalue weighted by molar-refractivity contribution is 8.00. The Hall–Kier alpha value is -7.52. The van der Waals surface area contributed by atoms with Crippen molar-refractivity contribution in [3.63, 3.8) is 0 Å². The van der Waals surface area contributed by atoms with E-state index in [2.05, 4.69) is 19.8 Å². The van der Waals surface area contributed by atoms with Crippen molar-refractivity contribution in [3.05, 3.63) is 159 Å². The van der Waals surface area contributed by atoms with Crippen molar-refractivity contribution >= 4 is 63.9 Å². The Morgan fingerprint density at radius 1 is 0.970 bits per heavy atom. The molecule has 5 aromatic rings. The lowest BCUT2D eigenvalue weighted by molar-refractivity contribution is -0.150. The number of nitrogen functional groups attached to an aromatic ring is 1. The van der Waals surface area contributed by atoms with E-state index in [1.54, 1.807) is 4.90 Å². The van der Waals surface area contributed by atoms with Crippen LogP contribution in [0.1, 0.15) is 46.9 Å². The summed E-state index contributed by atoms with van der Waals surface area (Å²) in [6.07, 6.45) is 1.69. The molecule has 66 heavy (non-hydrogen) atoms. The molecule has 0 saturated carbocycles. The van der Waals surface area contributed by atoms with Gasteiger partial charge in [-0.25, -0.2) is 14.4 Å². The molecule has 4 N–H and O–H groups in total. The molecule has 4 amide bonds. The molecular formula is C45H40N8O11S2. The van der Waals surface area contributed by atoms with Gasteiger partial charge < -0.3 is 44.4 Å². The van der Waals surface area contributed by atoms with E-state index in [1.165, 1.54) is 29.7 Å². The van der Waals surface area contributed by atoms with Crippen LogP contribution >= 0.6 is 23.3 Å². The first-order valence-corrected chi connectivity index (χ1v) is 22.5. The van der Waals surface area contributed by atoms with Gasteiger partial charge in [-0.05, 0) is 31.4 Å². The molecule has 3 fully saturated rings. The number of aryl methyl sites for hydroxylation is 1. The Kier molecular flexibility index (Phi) is 12.0. The number of hydrogen-bond donors (Lipinski definition) is 3. The maximum absolute atomic E-state index is 14.3. The molecular weight excluding hydrogens is 893 g/mol. The molecule has 9 rings (SSSR count). The van der Waals surface area contributed by atoms with Gasteiger partial charge in [0.1, 0.15) is 17.1 Å². The molecule has 6 heterocycles. The van der Waals surface area contributed by atoms with Crippen LogP contribution in [0, 0.1) is 6.92 Å². The quantitative estimate of drug-likeness (QED) is 0.0496. The number of ether oxygens (including phenoxy) is 1. The fourth-order valence-electron chi connectivity index (χ4n) is 8.48. The fourth-order valence-corrected chi connectivity index (χ4v) is 10.2. The Morgan fingerprint density at radius 2 is 1.62 bits per heavy atom. The van der Waals surface area contributed by atoms with Crippen molar-refractivity contribution in [1.29, 1.82) is 0 Å². The highest BCUT2D eigenvalue weighted by Gasteiger charge is 2.55. The van der Waals surface area contributed by atoms with Crippen LogP contribution in [0.25, 0.3) is 0 Å². The van der Waals surface area contributed by atoms with Crippen molar-refractivity contribution < 1.29 is 47.5 Å². The normalized spacial score (nSPS) is 20.4. The molecule has 0 spiro atoms. The zero-order valence-corrected chi connectivity index (χ0v) is 36.7. The molecule has 0 radical (unpaired) electrons. The summed E-state index contributed by atoms with van der Waals surface area (Å²) in [4.78, 5) is 93.9. The SMILES string of the molecule is Cc1oc(=O)oc1COC(=O)N1CCC(N2CCC(=CC3=C(C(=O)O)N4C(=O)C(NC(=O)C(=NOC(c5ccccc5)(c5ccccc5)c5ccccc5)c5nsc(N)n5)C4SC3)C2=O)C1. The first-order chi connectivity index (χ1) is 31.9. The van der Waals surface area contributed by atoms with Gasteiger partial charge in [0.15, 0.2) is 23.3 Å². The minimum Gasteiger partial charge on any atom is -0.477 e. The van der Waals surface area contributed by atoms with Crippen LogP contribution in [-0.4, -0.2) is 108 Å². The van der Waals surface area contributed by atoms with Crippen molar-refractivity contribution in [2.45, 2.75) is 49.4 Å². The van der Waals surface area contributed by atoms with E-state index in [1.807, 2.05) is 91.0 Å². The number of carboxylic acid groups (broad SMARTS) is 1. The predicted octanol–water partition coefficient (Wildman–Crippen LogP) is 4.00. The number of hydrogen-bond acceptors (Lipinski definition) is 16. The zero-order chi connectivity index (χ0) is 46.1. The lowest BCUT2D eigenvalue weighted by atomic mass is 9.80. The number of nitrogens with two attached hydrogens (primary N) is 1. The molecule has 3 saturated heterocycles. The van der Waals surface area contributed by atoms with Crippen LogP contribution in [0.15, 0.2) is 133 Å². The molecule has 3 aromatic carbocycles. The van der Waals surface area contributed by atoms with Gasteiger partial charge in [0.2, 0.25) is 23.0 Å². The molecule has 0 aliphatic carbocycles. The molecule has 0 bridgehead atoms. The van der Waals surface area contributed by atoms with Crippen LogP contribution in [0.5, 0.6) is 0 Å². The maximum atomic E-state index is 14.3. The highest BCUT2D eigenvalue weighted by atomic mass is 32.2. The van der Waals surface area contributed by atoms with E-state index in [9.17, 15) is 33.9 Å². The number of benzene rings is 3. The van der Waals surface area contributed by atoms with Crippen molar-refractivity contribution in [2.75, 3.05) is 31.1 Å². The molecule has 3 atom stereocenters. The third kappa shape index (κ3) is 8.21. The number of β-lactam (4-membered cyclic amide) rings is 1. The largest absolute Gasteiger partial charge is 0.519 e. The number of aliphatic carboxylic acids is 1. The standard InChI is InChI=1S/C45H40N8O11S2/c1-25-32(63-44(60)62-25)23-61-43(59)51-19-18-31(22-51)52-20-17-26(38(52)55)21-27-24-65-40-34(39(56)53(40)35(27)41(57)58)47-37(54)33(36-48-42(46)66-50-36)49-64-45(28-11-5-2-6-12-28,29-13-7-3-8-14-29)30-15-9-4-10-16-30/h2-16,21,31,34,40H,17-20,22-24H2,1H3,(H,47,54)(H,57,58)(H2,46,48,50). The third-order valence-corrected chi connectivity index (χ3v) is 13.5. The Balaban J connectivity index is 0.922. The van der Waals surface area contributed by atoms with Gasteiger partial charge in [-0.1, -0.05) is 96.2 Å². The summed E-state index contributed by atoms with van der Waals surface area (Å²) in [7, 11) is 0. The molecule has 4 aliphatic rings. The minimum absolute atomic E-state index is 0.0574. The summed E-state index contributed by atoms with van der Waals surface area (Å²) in [5.74, 6) is -3.85. The lowest BCUT2D eigenvalue weighted by Crippen LogP contribution is -2.71. The first kappa shape index (κ1) is 43.7. The number of carboxylic acids is 1. The molecule has 2 aromatic heterocycles. The Morgan fingerprint density at radius 3 is 2.20 bits per heavy atom. The molecule has 4 aliphatic heterocycles. The summed E-state index contributed by atoms with van der Waals surface area (Å²) < 4.78 is 19.2. The number of oxime groups is 1. The number of thioether (sulfide) groups is 1. The van der Waals surface area contributed by atoms with Crippen molar-refractivity contribution in [1.82, 2.24) is 29.4 Å². The second-order valence-corrected chi connectivity index (χ2v) is 17.5. The first-order valence-electron chi connectivity index (χ1n) is 20.7. The number of carbonyl (C=O) groups is 5. The number of nitrogens with zero attached hydrogens (tertiary/aromatic N) is 6. The number of rotatable bonds is 13. The number of likely N-dealkylation sites (tertiary alicyclic amines) is 2. The van der Waals surface area contributed by atoms with Gasteiger partial charge in [-0.3, -0.25) is 19.3 Å². The molecule has 21 heteroatoms. The second-order valence-electron chi connectivity index (χ2n) is 15.6. The van der Waals surface area contributed by atoms with Gasteiger partial charge in [0, 0.05) is 59.2 Å². The Bertz CT molecular complexity index is 2770. The van der Waals surface area contributed by atoms with Crippen molar-refractivity contribution in [3.8, 4) is 0 Å². The summed E-state index contributed by atoms with van der Waals surface area (Å²) >= 11 is 2.07. The van der Waals surface area contributed by atoms with Gasteiger partial charge in [0.05, 0.1) is 6.04 Å². The summed E-state index contributed by atoms with van der Waals surface area (Å²) in [6, 6.07) is 26.6. The average Bonchev–Trinajstić information content (AvgIpc) is 4.14. The van der Waals surface area contributed by atoms with E-state index in [-0.39, 0.29) is 70.3 Å². The number of amides is 4. The van der Waals surface area contributed by atoms with Crippen LogP contribution in [0.4, 0.5) is 9.93 Å². The predicted molar refractivity (Wildman–Crippen MR) is 237 cm³/mol. The van der Waals surface area contributed by atoms with Gasteiger partial charge in [-0.2, -0.15) is 9.36 Å². The van der Waals surface area contributed by atoms with Crippen LogP contribution in [-0.2, 0) is 41.0 Å². The number of anilines is 1. The van der Waals surface area contributed by atoms with Gasteiger partial charge in [0.25, 0.3) is 11.8 Å². The average molecular weight is 933 g/mol. The molecule has 338 valence electrons. The summed E-state index contributed by atoms with van der Waals surface area (Å²) in [6.45, 7) is 2.10. The topological polar surface area (TPSA) is 253 Å².